The van der Waals surface area contributed by atoms with E-state index in [0.29, 0.717) is 5.56 Å². The first-order valence-electron chi connectivity index (χ1n) is 6.18. The van der Waals surface area contributed by atoms with Gasteiger partial charge in [-0.3, -0.25) is 0 Å². The van der Waals surface area contributed by atoms with E-state index >= 15 is 0 Å². The Hall–Kier alpha value is -1.68. The Morgan fingerprint density at radius 1 is 0.950 bits per heavy atom. The van der Waals surface area contributed by atoms with Crippen molar-refractivity contribution in [3.05, 3.63) is 78.8 Å². The van der Waals surface area contributed by atoms with Gasteiger partial charge in [-0.2, -0.15) is 0 Å². The van der Waals surface area contributed by atoms with Gasteiger partial charge in [0.05, 0.1) is 10.6 Å². The molecule has 20 heavy (non-hydrogen) atoms. The number of hydrogen-bond donors (Lipinski definition) is 0. The normalized spacial score (nSPS) is 11.5. The van der Waals surface area contributed by atoms with Crippen molar-refractivity contribution in [1.29, 1.82) is 0 Å². The summed E-state index contributed by atoms with van der Waals surface area (Å²) in [5.74, 6) is -0.537. The summed E-state index contributed by atoms with van der Waals surface area (Å²) >= 11 is 0. The molecule has 0 saturated heterocycles. The molecule has 0 atom stereocenters. The van der Waals surface area contributed by atoms with Gasteiger partial charge in [0.25, 0.3) is 0 Å². The topological polar surface area (TPSA) is 34.1 Å². The Kier molecular flexibility index (Phi) is 4.55. The summed E-state index contributed by atoms with van der Waals surface area (Å²) < 4.78 is 37.2. The van der Waals surface area contributed by atoms with Crippen molar-refractivity contribution in [2.45, 2.75) is 17.1 Å². The van der Waals surface area contributed by atoms with Gasteiger partial charge in [0.1, 0.15) is 5.82 Å². The van der Waals surface area contributed by atoms with E-state index in [-0.39, 0.29) is 10.6 Å². The molecule has 0 bridgehead atoms. The molecule has 0 aliphatic rings. The maximum absolute atomic E-state index is 12.8. The van der Waals surface area contributed by atoms with E-state index in [1.54, 1.807) is 18.6 Å². The lowest BCUT2D eigenvalue weighted by atomic mass is 10.1. The average molecular weight is 290 g/mol. The zero-order valence-corrected chi connectivity index (χ0v) is 11.7. The minimum Gasteiger partial charge on any atom is -0.223 e. The molecular formula is C16H15FO2S. The quantitative estimate of drug-likeness (QED) is 0.791. The van der Waals surface area contributed by atoms with Crippen LogP contribution < -0.4 is 0 Å². The van der Waals surface area contributed by atoms with Crippen LogP contribution in [-0.4, -0.2) is 8.42 Å². The molecule has 0 aromatic heterocycles. The van der Waals surface area contributed by atoms with Crippen LogP contribution in [-0.2, 0) is 22.0 Å². The third kappa shape index (κ3) is 3.67. The van der Waals surface area contributed by atoms with Gasteiger partial charge in [-0.25, -0.2) is 12.8 Å². The fourth-order valence-corrected chi connectivity index (χ4v) is 3.23. The number of rotatable bonds is 5. The molecule has 0 aliphatic heterocycles. The van der Waals surface area contributed by atoms with Crippen LogP contribution in [0, 0.1) is 19.2 Å². The molecule has 2 nitrogen and oxygen atoms in total. The van der Waals surface area contributed by atoms with Crippen LogP contribution in [0.15, 0.2) is 53.4 Å². The Balaban J connectivity index is 2.17. The molecular weight excluding hydrogens is 275 g/mol. The lowest BCUT2D eigenvalue weighted by Crippen LogP contribution is -2.05. The lowest BCUT2D eigenvalue weighted by molar-refractivity contribution is 0.594. The van der Waals surface area contributed by atoms with Gasteiger partial charge >= 0.3 is 0 Å². The van der Waals surface area contributed by atoms with Gasteiger partial charge in [0.15, 0.2) is 9.84 Å². The second-order valence-electron chi connectivity index (χ2n) is 4.52. The van der Waals surface area contributed by atoms with E-state index in [4.69, 9.17) is 0 Å². The molecule has 2 rings (SSSR count). The van der Waals surface area contributed by atoms with Gasteiger partial charge in [-0.05, 0) is 55.2 Å². The molecule has 0 aliphatic carbocycles. The minimum absolute atomic E-state index is 0.0903. The van der Waals surface area contributed by atoms with Gasteiger partial charge in [-0.1, -0.05) is 24.3 Å². The summed E-state index contributed by atoms with van der Waals surface area (Å²) in [6.07, 6.45) is 2.55. The zero-order valence-electron chi connectivity index (χ0n) is 10.9. The Bertz CT molecular complexity index is 659. The molecule has 0 fully saturated rings. The van der Waals surface area contributed by atoms with Crippen LogP contribution >= 0.6 is 0 Å². The fourth-order valence-electron chi connectivity index (χ4n) is 1.88. The van der Waals surface area contributed by atoms with Crippen molar-refractivity contribution >= 4 is 9.84 Å². The highest BCUT2D eigenvalue weighted by molar-refractivity contribution is 7.90. The summed E-state index contributed by atoms with van der Waals surface area (Å²) in [4.78, 5) is 0.133. The maximum Gasteiger partial charge on any atom is 0.182 e. The van der Waals surface area contributed by atoms with Crippen molar-refractivity contribution in [1.82, 2.24) is 0 Å². The van der Waals surface area contributed by atoms with Crippen LogP contribution in [0.5, 0.6) is 0 Å². The first kappa shape index (κ1) is 14.7. The summed E-state index contributed by atoms with van der Waals surface area (Å²) in [6, 6.07) is 12.2. The standard InChI is InChI=1S/C16H15FO2S/c1-2-3-13-4-6-14(7-5-13)12-20(18,19)16-10-8-15(17)9-11-16/h2,4-11H,1,3,12H2. The lowest BCUT2D eigenvalue weighted by Gasteiger charge is -2.06. The molecule has 4 heteroatoms. The Morgan fingerprint density at radius 2 is 1.50 bits per heavy atom. The maximum atomic E-state index is 12.8. The first-order chi connectivity index (χ1) is 9.51. The SMILES string of the molecule is [CH2][CH]Cc1ccc(CS(=O)(=O)c2ccc(F)cc2)cc1. The highest BCUT2D eigenvalue weighted by Crippen LogP contribution is 2.17. The van der Waals surface area contributed by atoms with Crippen LogP contribution in [0.25, 0.3) is 0 Å². The number of sulfone groups is 1. The third-order valence-electron chi connectivity index (χ3n) is 2.93. The molecule has 104 valence electrons. The monoisotopic (exact) mass is 290 g/mol. The Morgan fingerprint density at radius 3 is 2.05 bits per heavy atom. The number of hydrogen-bond acceptors (Lipinski definition) is 2. The molecule has 0 heterocycles. The van der Waals surface area contributed by atoms with E-state index in [2.05, 4.69) is 6.92 Å². The highest BCUT2D eigenvalue weighted by atomic mass is 32.2. The van der Waals surface area contributed by atoms with E-state index in [0.717, 1.165) is 24.1 Å². The minimum atomic E-state index is -3.44. The van der Waals surface area contributed by atoms with Gasteiger partial charge < -0.3 is 0 Å². The zero-order chi connectivity index (χ0) is 14.6. The summed E-state index contributed by atoms with van der Waals surface area (Å²) in [5, 5.41) is 0. The molecule has 2 aromatic carbocycles. The predicted octanol–water partition coefficient (Wildman–Crippen LogP) is 3.38. The molecule has 0 spiro atoms. The summed E-state index contributed by atoms with van der Waals surface area (Å²) in [5.41, 5.74) is 1.80. The van der Waals surface area contributed by atoms with Gasteiger partial charge in [0.2, 0.25) is 0 Å². The largest absolute Gasteiger partial charge is 0.223 e. The first-order valence-corrected chi connectivity index (χ1v) is 7.83. The molecule has 0 amide bonds. The summed E-state index contributed by atoms with van der Waals surface area (Å²) in [6.45, 7) is 3.66. The molecule has 0 unspecified atom stereocenters. The van der Waals surface area contributed by atoms with E-state index in [1.807, 2.05) is 12.1 Å². The highest BCUT2D eigenvalue weighted by Gasteiger charge is 2.15. The number of benzene rings is 2. The number of halogens is 1. The van der Waals surface area contributed by atoms with E-state index in [1.165, 1.54) is 12.1 Å². The molecule has 2 radical (unpaired) electrons. The van der Waals surface area contributed by atoms with E-state index < -0.39 is 15.7 Å². The van der Waals surface area contributed by atoms with E-state index in [9.17, 15) is 12.8 Å². The van der Waals surface area contributed by atoms with Crippen molar-refractivity contribution in [3.8, 4) is 0 Å². The van der Waals surface area contributed by atoms with Crippen LogP contribution in [0.1, 0.15) is 11.1 Å². The van der Waals surface area contributed by atoms with Crippen molar-refractivity contribution in [2.24, 2.45) is 0 Å². The van der Waals surface area contributed by atoms with Gasteiger partial charge in [0, 0.05) is 0 Å². The second kappa shape index (κ2) is 6.18. The van der Waals surface area contributed by atoms with Crippen LogP contribution in [0.4, 0.5) is 4.39 Å². The van der Waals surface area contributed by atoms with Crippen molar-refractivity contribution < 1.29 is 12.8 Å². The van der Waals surface area contributed by atoms with Crippen molar-refractivity contribution in [3.63, 3.8) is 0 Å². The van der Waals surface area contributed by atoms with Crippen molar-refractivity contribution in [2.75, 3.05) is 0 Å². The fraction of sp³-hybridized carbons (Fsp3) is 0.125. The van der Waals surface area contributed by atoms with Crippen LogP contribution in [0.3, 0.4) is 0 Å². The second-order valence-corrected chi connectivity index (χ2v) is 6.51. The van der Waals surface area contributed by atoms with Crippen LogP contribution in [0.2, 0.25) is 0 Å². The van der Waals surface area contributed by atoms with Gasteiger partial charge in [-0.15, -0.1) is 0 Å². The molecule has 0 N–H and O–H groups in total. The smallest absolute Gasteiger partial charge is 0.182 e. The molecule has 0 saturated carbocycles. The molecule has 2 aromatic rings. The predicted molar refractivity (Wildman–Crippen MR) is 77.1 cm³/mol. The third-order valence-corrected chi connectivity index (χ3v) is 4.64. The average Bonchev–Trinajstić information content (AvgIpc) is 2.41. The Labute approximate surface area is 119 Å². The summed E-state index contributed by atoms with van der Waals surface area (Å²) in [7, 11) is -3.44.